The summed E-state index contributed by atoms with van der Waals surface area (Å²) in [5, 5.41) is 5.41. The van der Waals surface area contributed by atoms with Crippen molar-refractivity contribution in [3.8, 4) is 0 Å². The molecule has 3 aromatic rings. The van der Waals surface area contributed by atoms with Crippen molar-refractivity contribution in [3.05, 3.63) is 119 Å². The largest absolute Gasteiger partial charge is 0.462 e. The van der Waals surface area contributed by atoms with Gasteiger partial charge in [-0.25, -0.2) is 4.79 Å². The van der Waals surface area contributed by atoms with E-state index in [1.807, 2.05) is 42.5 Å². The van der Waals surface area contributed by atoms with Gasteiger partial charge in [-0.15, -0.1) is 0 Å². The highest BCUT2D eigenvalue weighted by molar-refractivity contribution is 6.08. The standard InChI is InChI=1S/C27H24N2O4/c1-2-33-27(32)22-16-18-23(19-17-22)28-26(31)24(15-9-12-20-10-5-3-6-11-20)29-25(30)21-13-7-4-8-14-21/h3-19H,2H2,1H3,(H,28,31)(H,29,30)/b12-9+,24-15+. The Morgan fingerprint density at radius 3 is 2.09 bits per heavy atom. The van der Waals surface area contributed by atoms with Crippen LogP contribution >= 0.6 is 0 Å². The van der Waals surface area contributed by atoms with E-state index < -0.39 is 17.8 Å². The molecular formula is C27H24N2O4. The molecule has 0 unspecified atom stereocenters. The third-order valence-electron chi connectivity index (χ3n) is 4.53. The average molecular weight is 440 g/mol. The molecule has 0 saturated heterocycles. The molecule has 2 N–H and O–H groups in total. The third kappa shape index (κ3) is 7.04. The molecule has 3 aromatic carbocycles. The summed E-state index contributed by atoms with van der Waals surface area (Å²) < 4.78 is 4.96. The second-order valence-electron chi connectivity index (χ2n) is 6.92. The number of amides is 2. The number of benzene rings is 3. The number of hydrogen-bond acceptors (Lipinski definition) is 4. The Bertz CT molecular complexity index is 1150. The van der Waals surface area contributed by atoms with E-state index >= 15 is 0 Å². The van der Waals surface area contributed by atoms with Crippen LogP contribution in [0.3, 0.4) is 0 Å². The molecule has 0 atom stereocenters. The lowest BCUT2D eigenvalue weighted by Crippen LogP contribution is -2.30. The molecule has 33 heavy (non-hydrogen) atoms. The number of rotatable bonds is 8. The molecule has 166 valence electrons. The molecule has 2 amide bonds. The Hall–Kier alpha value is -4.45. The van der Waals surface area contributed by atoms with Crippen molar-refractivity contribution in [2.24, 2.45) is 0 Å². The highest BCUT2D eigenvalue weighted by atomic mass is 16.5. The van der Waals surface area contributed by atoms with Crippen LogP contribution in [-0.2, 0) is 9.53 Å². The van der Waals surface area contributed by atoms with Gasteiger partial charge < -0.3 is 15.4 Å². The van der Waals surface area contributed by atoms with Gasteiger partial charge in [0.1, 0.15) is 5.70 Å². The summed E-state index contributed by atoms with van der Waals surface area (Å²) in [6.45, 7) is 2.01. The maximum absolute atomic E-state index is 12.9. The van der Waals surface area contributed by atoms with Gasteiger partial charge in [-0.05, 0) is 55.0 Å². The summed E-state index contributed by atoms with van der Waals surface area (Å²) >= 11 is 0. The van der Waals surface area contributed by atoms with E-state index in [1.165, 1.54) is 6.08 Å². The van der Waals surface area contributed by atoms with Crippen LogP contribution in [0, 0.1) is 0 Å². The van der Waals surface area contributed by atoms with Gasteiger partial charge in [-0.3, -0.25) is 9.59 Å². The van der Waals surface area contributed by atoms with E-state index in [-0.39, 0.29) is 12.3 Å². The molecule has 0 saturated carbocycles. The Kier molecular flexibility index (Phi) is 8.31. The zero-order valence-corrected chi connectivity index (χ0v) is 18.2. The summed E-state index contributed by atoms with van der Waals surface area (Å²) in [4.78, 5) is 37.3. The van der Waals surface area contributed by atoms with Gasteiger partial charge in [0, 0.05) is 11.3 Å². The summed E-state index contributed by atoms with van der Waals surface area (Å²) in [6, 6.07) is 24.6. The van der Waals surface area contributed by atoms with Gasteiger partial charge in [0.25, 0.3) is 11.8 Å². The second-order valence-corrected chi connectivity index (χ2v) is 6.92. The lowest BCUT2D eigenvalue weighted by atomic mass is 10.2. The molecule has 6 nitrogen and oxygen atoms in total. The number of ether oxygens (including phenoxy) is 1. The van der Waals surface area contributed by atoms with Crippen molar-refractivity contribution in [1.29, 1.82) is 0 Å². The predicted molar refractivity (Wildman–Crippen MR) is 128 cm³/mol. The van der Waals surface area contributed by atoms with Crippen molar-refractivity contribution in [3.63, 3.8) is 0 Å². The number of hydrogen-bond donors (Lipinski definition) is 2. The van der Waals surface area contributed by atoms with Crippen LogP contribution < -0.4 is 10.6 Å². The number of esters is 1. The summed E-state index contributed by atoms with van der Waals surface area (Å²) in [5.41, 5.74) is 2.32. The fourth-order valence-corrected chi connectivity index (χ4v) is 2.88. The van der Waals surface area contributed by atoms with Gasteiger partial charge in [-0.2, -0.15) is 0 Å². The SMILES string of the molecule is CCOC(=O)c1ccc(NC(=O)/C(=C\C=C\c2ccccc2)NC(=O)c2ccccc2)cc1. The second kappa shape index (κ2) is 11.8. The fraction of sp³-hybridized carbons (Fsp3) is 0.0741. The topological polar surface area (TPSA) is 84.5 Å². The van der Waals surface area contributed by atoms with Crippen molar-refractivity contribution in [1.82, 2.24) is 5.32 Å². The molecule has 6 heteroatoms. The van der Waals surface area contributed by atoms with Crippen LogP contribution in [0.15, 0.2) is 103 Å². The molecule has 0 aliphatic carbocycles. The van der Waals surface area contributed by atoms with Crippen molar-refractivity contribution < 1.29 is 19.1 Å². The minimum absolute atomic E-state index is 0.0745. The average Bonchev–Trinajstić information content (AvgIpc) is 2.85. The molecular weight excluding hydrogens is 416 g/mol. The maximum atomic E-state index is 12.9. The summed E-state index contributed by atoms with van der Waals surface area (Å²) in [6.07, 6.45) is 5.06. The first-order valence-corrected chi connectivity index (χ1v) is 10.4. The van der Waals surface area contributed by atoms with Crippen LogP contribution in [-0.4, -0.2) is 24.4 Å². The molecule has 0 aliphatic rings. The zero-order valence-electron chi connectivity index (χ0n) is 18.2. The molecule has 0 aromatic heterocycles. The highest BCUT2D eigenvalue weighted by Gasteiger charge is 2.14. The van der Waals surface area contributed by atoms with Crippen LogP contribution in [0.25, 0.3) is 6.08 Å². The highest BCUT2D eigenvalue weighted by Crippen LogP contribution is 2.12. The Balaban J connectivity index is 1.77. The lowest BCUT2D eigenvalue weighted by Gasteiger charge is -2.11. The Labute approximate surface area is 192 Å². The van der Waals surface area contributed by atoms with Crippen LogP contribution in [0.5, 0.6) is 0 Å². The first-order valence-electron chi connectivity index (χ1n) is 10.4. The molecule has 0 aliphatic heterocycles. The number of allylic oxidation sites excluding steroid dienone is 2. The zero-order chi connectivity index (χ0) is 23.5. The third-order valence-corrected chi connectivity index (χ3v) is 4.53. The number of anilines is 1. The van der Waals surface area contributed by atoms with Crippen LogP contribution in [0.2, 0.25) is 0 Å². The van der Waals surface area contributed by atoms with E-state index in [4.69, 9.17) is 4.74 Å². The smallest absolute Gasteiger partial charge is 0.338 e. The number of carbonyl (C=O) groups excluding carboxylic acids is 3. The number of carbonyl (C=O) groups is 3. The summed E-state index contributed by atoms with van der Waals surface area (Å²) in [7, 11) is 0. The van der Waals surface area contributed by atoms with Crippen molar-refractivity contribution >= 4 is 29.5 Å². The fourth-order valence-electron chi connectivity index (χ4n) is 2.88. The molecule has 0 bridgehead atoms. The van der Waals surface area contributed by atoms with E-state index in [1.54, 1.807) is 61.5 Å². The molecule has 0 fully saturated rings. The van der Waals surface area contributed by atoms with Gasteiger partial charge in [0.15, 0.2) is 0 Å². The normalized spacial score (nSPS) is 11.1. The molecule has 0 spiro atoms. The van der Waals surface area contributed by atoms with E-state index in [0.717, 1.165) is 5.56 Å². The molecule has 0 radical (unpaired) electrons. The van der Waals surface area contributed by atoms with E-state index in [0.29, 0.717) is 16.8 Å². The minimum atomic E-state index is -0.499. The Morgan fingerprint density at radius 2 is 1.45 bits per heavy atom. The first kappa shape index (κ1) is 23.2. The van der Waals surface area contributed by atoms with Crippen LogP contribution in [0.4, 0.5) is 5.69 Å². The quantitative estimate of drug-likeness (QED) is 0.299. The number of nitrogens with one attached hydrogen (secondary N) is 2. The predicted octanol–water partition coefficient (Wildman–Crippen LogP) is 4.83. The van der Waals surface area contributed by atoms with Gasteiger partial charge in [0.05, 0.1) is 12.2 Å². The van der Waals surface area contributed by atoms with Gasteiger partial charge in [0.2, 0.25) is 0 Å². The molecule has 0 heterocycles. The lowest BCUT2D eigenvalue weighted by molar-refractivity contribution is -0.113. The van der Waals surface area contributed by atoms with Gasteiger partial charge in [-0.1, -0.05) is 60.7 Å². The summed E-state index contributed by atoms with van der Waals surface area (Å²) in [5.74, 6) is -1.33. The van der Waals surface area contributed by atoms with Crippen molar-refractivity contribution in [2.45, 2.75) is 6.92 Å². The first-order chi connectivity index (χ1) is 16.1. The minimum Gasteiger partial charge on any atom is -0.462 e. The molecule has 3 rings (SSSR count). The van der Waals surface area contributed by atoms with Crippen LogP contribution in [0.1, 0.15) is 33.2 Å². The van der Waals surface area contributed by atoms with Crippen molar-refractivity contribution in [2.75, 3.05) is 11.9 Å². The maximum Gasteiger partial charge on any atom is 0.338 e. The van der Waals surface area contributed by atoms with E-state index in [2.05, 4.69) is 10.6 Å². The van der Waals surface area contributed by atoms with Gasteiger partial charge >= 0.3 is 5.97 Å². The Morgan fingerprint density at radius 1 is 0.818 bits per heavy atom. The van der Waals surface area contributed by atoms with E-state index in [9.17, 15) is 14.4 Å². The monoisotopic (exact) mass is 440 g/mol.